The molecule has 2 amide bonds. The van der Waals surface area contributed by atoms with Gasteiger partial charge in [0, 0.05) is 32.7 Å². The molecule has 0 spiro atoms. The summed E-state index contributed by atoms with van der Waals surface area (Å²) >= 11 is 11.9. The first kappa shape index (κ1) is 18.5. The minimum Gasteiger partial charge on any atom is -0.471 e. The molecule has 1 atom stereocenters. The Balaban J connectivity index is 1.57. The second kappa shape index (κ2) is 7.97. The summed E-state index contributed by atoms with van der Waals surface area (Å²) in [7, 11) is 3.77. The van der Waals surface area contributed by atoms with Gasteiger partial charge in [0.2, 0.25) is 5.88 Å². The molecule has 1 saturated heterocycles. The summed E-state index contributed by atoms with van der Waals surface area (Å²) < 4.78 is 5.87. The van der Waals surface area contributed by atoms with Crippen LogP contribution in [0, 0.1) is 0 Å². The number of ether oxygens (including phenoxy) is 1. The smallest absolute Gasteiger partial charge is 0.321 e. The van der Waals surface area contributed by atoms with Crippen LogP contribution >= 0.6 is 23.2 Å². The number of nitrogens with one attached hydrogen (secondary N) is 1. The molecule has 26 heavy (non-hydrogen) atoms. The van der Waals surface area contributed by atoms with E-state index >= 15 is 0 Å². The molecule has 9 heteroatoms. The monoisotopic (exact) mass is 395 g/mol. The molecule has 3 rings (SSSR count). The van der Waals surface area contributed by atoms with E-state index in [4.69, 9.17) is 27.9 Å². The second-order valence-corrected chi connectivity index (χ2v) is 6.96. The Morgan fingerprint density at radius 1 is 1.31 bits per heavy atom. The van der Waals surface area contributed by atoms with Crippen LogP contribution in [-0.4, -0.2) is 54.2 Å². The van der Waals surface area contributed by atoms with Crippen molar-refractivity contribution in [2.24, 2.45) is 0 Å². The average Bonchev–Trinajstić information content (AvgIpc) is 3.07. The fourth-order valence-corrected chi connectivity index (χ4v) is 2.86. The maximum absolute atomic E-state index is 12.4. The fourth-order valence-electron chi connectivity index (χ4n) is 2.57. The minimum atomic E-state index is -0.206. The predicted molar refractivity (Wildman–Crippen MR) is 102 cm³/mol. The summed E-state index contributed by atoms with van der Waals surface area (Å²) in [6.45, 7) is 1.07. The molecule has 138 valence electrons. The van der Waals surface area contributed by atoms with Crippen LogP contribution in [-0.2, 0) is 0 Å². The highest BCUT2D eigenvalue weighted by molar-refractivity contribution is 6.42. The standard InChI is InChI=1S/C17H19Cl2N5O2/c1-23(2)15-8-20-9-16(22-15)26-12-5-6-24(10-12)17(25)21-11-3-4-13(18)14(19)7-11/h3-4,7-9,12H,5-6,10H2,1-2H3,(H,21,25). The molecule has 1 aliphatic heterocycles. The summed E-state index contributed by atoms with van der Waals surface area (Å²) in [5, 5.41) is 3.65. The molecular formula is C17H19Cl2N5O2. The van der Waals surface area contributed by atoms with E-state index in [-0.39, 0.29) is 12.1 Å². The number of rotatable bonds is 4. The lowest BCUT2D eigenvalue weighted by Gasteiger charge is -2.18. The largest absolute Gasteiger partial charge is 0.471 e. The maximum atomic E-state index is 12.4. The van der Waals surface area contributed by atoms with Crippen LogP contribution in [0.25, 0.3) is 0 Å². The van der Waals surface area contributed by atoms with Gasteiger partial charge in [0.15, 0.2) is 5.82 Å². The Morgan fingerprint density at radius 2 is 2.12 bits per heavy atom. The number of amides is 2. The van der Waals surface area contributed by atoms with Crippen LogP contribution in [0.4, 0.5) is 16.3 Å². The first-order valence-corrected chi connectivity index (χ1v) is 8.85. The van der Waals surface area contributed by atoms with Gasteiger partial charge in [0.25, 0.3) is 0 Å². The third-order valence-electron chi connectivity index (χ3n) is 3.95. The lowest BCUT2D eigenvalue weighted by Crippen LogP contribution is -2.34. The molecule has 1 unspecified atom stereocenters. The summed E-state index contributed by atoms with van der Waals surface area (Å²) in [5.41, 5.74) is 0.596. The average molecular weight is 396 g/mol. The first-order valence-electron chi connectivity index (χ1n) is 8.09. The van der Waals surface area contributed by atoms with E-state index < -0.39 is 0 Å². The van der Waals surface area contributed by atoms with E-state index in [2.05, 4.69) is 15.3 Å². The molecule has 1 aromatic carbocycles. The van der Waals surface area contributed by atoms with E-state index in [0.717, 1.165) is 12.2 Å². The summed E-state index contributed by atoms with van der Waals surface area (Å²) in [4.78, 5) is 24.5. The van der Waals surface area contributed by atoms with Gasteiger partial charge in [-0.05, 0) is 18.2 Å². The van der Waals surface area contributed by atoms with E-state index in [1.807, 2.05) is 19.0 Å². The van der Waals surface area contributed by atoms with Crippen molar-refractivity contribution in [1.29, 1.82) is 0 Å². The van der Waals surface area contributed by atoms with Crippen molar-refractivity contribution < 1.29 is 9.53 Å². The maximum Gasteiger partial charge on any atom is 0.321 e. The molecule has 1 fully saturated rings. The van der Waals surface area contributed by atoms with Crippen molar-refractivity contribution in [2.45, 2.75) is 12.5 Å². The van der Waals surface area contributed by atoms with Crippen LogP contribution in [0.15, 0.2) is 30.6 Å². The number of aromatic nitrogens is 2. The Bertz CT molecular complexity index is 802. The van der Waals surface area contributed by atoms with E-state index in [9.17, 15) is 4.79 Å². The number of benzene rings is 1. The van der Waals surface area contributed by atoms with Crippen LogP contribution in [0.3, 0.4) is 0 Å². The molecular weight excluding hydrogens is 377 g/mol. The molecule has 1 aliphatic rings. The number of nitrogens with zero attached hydrogens (tertiary/aromatic N) is 4. The van der Waals surface area contributed by atoms with Crippen LogP contribution in [0.1, 0.15) is 6.42 Å². The van der Waals surface area contributed by atoms with Gasteiger partial charge in [-0.2, -0.15) is 4.98 Å². The lowest BCUT2D eigenvalue weighted by atomic mass is 10.3. The van der Waals surface area contributed by atoms with Gasteiger partial charge in [0.1, 0.15) is 6.10 Å². The van der Waals surface area contributed by atoms with Crippen molar-refractivity contribution in [3.05, 3.63) is 40.6 Å². The fraction of sp³-hybridized carbons (Fsp3) is 0.353. The molecule has 1 aromatic heterocycles. The van der Waals surface area contributed by atoms with E-state index in [1.54, 1.807) is 35.5 Å². The third kappa shape index (κ3) is 4.47. The van der Waals surface area contributed by atoms with Crippen LogP contribution in [0.5, 0.6) is 5.88 Å². The number of carbonyl (C=O) groups is 1. The summed E-state index contributed by atoms with van der Waals surface area (Å²) in [5.74, 6) is 1.17. The zero-order valence-electron chi connectivity index (χ0n) is 14.4. The van der Waals surface area contributed by atoms with E-state index in [0.29, 0.717) is 34.7 Å². The van der Waals surface area contributed by atoms with Gasteiger partial charge in [0.05, 0.1) is 29.0 Å². The normalized spacial score (nSPS) is 16.5. The first-order chi connectivity index (χ1) is 12.4. The highest BCUT2D eigenvalue weighted by Gasteiger charge is 2.28. The second-order valence-electron chi connectivity index (χ2n) is 6.14. The number of urea groups is 1. The molecule has 1 N–H and O–H groups in total. The number of halogens is 2. The summed E-state index contributed by atoms with van der Waals surface area (Å²) in [6.07, 6.45) is 3.84. The number of hydrogen-bond acceptors (Lipinski definition) is 5. The van der Waals surface area contributed by atoms with Crippen molar-refractivity contribution in [3.8, 4) is 5.88 Å². The number of anilines is 2. The Hall–Kier alpha value is -2.25. The van der Waals surface area contributed by atoms with Crippen molar-refractivity contribution in [2.75, 3.05) is 37.4 Å². The number of carbonyl (C=O) groups excluding carboxylic acids is 1. The topological polar surface area (TPSA) is 70.6 Å². The van der Waals surface area contributed by atoms with Gasteiger partial charge < -0.3 is 19.9 Å². The predicted octanol–water partition coefficient (Wildman–Crippen LogP) is 3.53. The minimum absolute atomic E-state index is 0.124. The molecule has 0 radical (unpaired) electrons. The highest BCUT2D eigenvalue weighted by atomic mass is 35.5. The van der Waals surface area contributed by atoms with Crippen LogP contribution in [0.2, 0.25) is 10.0 Å². The lowest BCUT2D eigenvalue weighted by molar-refractivity contribution is 0.189. The van der Waals surface area contributed by atoms with E-state index in [1.165, 1.54) is 0 Å². The van der Waals surface area contributed by atoms with Gasteiger partial charge in [-0.25, -0.2) is 4.79 Å². The molecule has 7 nitrogen and oxygen atoms in total. The Labute approximate surface area is 161 Å². The van der Waals surface area contributed by atoms with Crippen LogP contribution < -0.4 is 15.0 Å². The molecule has 0 bridgehead atoms. The number of likely N-dealkylation sites (tertiary alicyclic amines) is 1. The summed E-state index contributed by atoms with van der Waals surface area (Å²) in [6, 6.07) is 4.76. The SMILES string of the molecule is CN(C)c1cncc(OC2CCN(C(=O)Nc3ccc(Cl)c(Cl)c3)C2)n1. The molecule has 2 aromatic rings. The van der Waals surface area contributed by atoms with Gasteiger partial charge in [-0.15, -0.1) is 0 Å². The van der Waals surface area contributed by atoms with Crippen molar-refractivity contribution >= 4 is 40.7 Å². The zero-order valence-corrected chi connectivity index (χ0v) is 16.0. The molecule has 0 aliphatic carbocycles. The molecule has 0 saturated carbocycles. The van der Waals surface area contributed by atoms with Gasteiger partial charge >= 0.3 is 6.03 Å². The Kier molecular flexibility index (Phi) is 5.68. The Morgan fingerprint density at radius 3 is 2.85 bits per heavy atom. The zero-order chi connectivity index (χ0) is 18.7. The van der Waals surface area contributed by atoms with Gasteiger partial charge in [-0.3, -0.25) is 4.98 Å². The quantitative estimate of drug-likeness (QED) is 0.856. The van der Waals surface area contributed by atoms with Crippen molar-refractivity contribution in [1.82, 2.24) is 14.9 Å². The number of hydrogen-bond donors (Lipinski definition) is 1. The van der Waals surface area contributed by atoms with Gasteiger partial charge in [-0.1, -0.05) is 23.2 Å². The highest BCUT2D eigenvalue weighted by Crippen LogP contribution is 2.25. The van der Waals surface area contributed by atoms with Crippen molar-refractivity contribution in [3.63, 3.8) is 0 Å². The third-order valence-corrected chi connectivity index (χ3v) is 4.69. The molecule has 2 heterocycles.